The molecule has 1 aromatic heterocycles. The zero-order chi connectivity index (χ0) is 18.9. The maximum atomic E-state index is 9.03. The summed E-state index contributed by atoms with van der Waals surface area (Å²) < 4.78 is 0. The van der Waals surface area contributed by atoms with Gasteiger partial charge in [0.15, 0.2) is 0 Å². The maximum Gasteiger partial charge on any atom is 0.131 e. The van der Waals surface area contributed by atoms with Crippen LogP contribution >= 0.6 is 0 Å². The highest BCUT2D eigenvalue weighted by Gasteiger charge is 2.23. The molecule has 0 atom stereocenters. The molecule has 0 saturated heterocycles. The lowest BCUT2D eigenvalue weighted by atomic mass is 9.82. The maximum absolute atomic E-state index is 9.03. The molecule has 1 aliphatic carbocycles. The molecule has 2 aromatic rings. The topological polar surface area (TPSA) is 49.6 Å². The van der Waals surface area contributed by atoms with E-state index in [0.29, 0.717) is 5.92 Å². The molecule has 1 heterocycles. The first kappa shape index (κ1) is 19.5. The summed E-state index contributed by atoms with van der Waals surface area (Å²) in [5, 5.41) is 9.03. The number of nitriles is 1. The molecule has 3 nitrogen and oxygen atoms in total. The molecule has 3 rings (SSSR count). The summed E-state index contributed by atoms with van der Waals surface area (Å²) in [5.74, 6) is 1.59. The van der Waals surface area contributed by atoms with Crippen LogP contribution < -0.4 is 0 Å². The van der Waals surface area contributed by atoms with E-state index in [1.807, 2.05) is 12.4 Å². The lowest BCUT2D eigenvalue weighted by Crippen LogP contribution is -2.14. The first-order valence-corrected chi connectivity index (χ1v) is 10.6. The molecule has 1 fully saturated rings. The molecule has 0 aliphatic heterocycles. The normalized spacial score (nSPS) is 19.6. The molecule has 0 unspecified atom stereocenters. The van der Waals surface area contributed by atoms with Gasteiger partial charge in [-0.15, -0.1) is 0 Å². The first-order valence-electron chi connectivity index (χ1n) is 10.6. The lowest BCUT2D eigenvalue weighted by Gasteiger charge is -2.23. The van der Waals surface area contributed by atoms with E-state index < -0.39 is 0 Å². The van der Waals surface area contributed by atoms with Crippen LogP contribution in [0.5, 0.6) is 0 Å². The van der Waals surface area contributed by atoms with E-state index in [1.165, 1.54) is 49.7 Å². The highest BCUT2D eigenvalue weighted by Crippen LogP contribution is 2.34. The second-order valence-electron chi connectivity index (χ2n) is 7.87. The van der Waals surface area contributed by atoms with Crippen LogP contribution in [-0.2, 0) is 6.42 Å². The third-order valence-electron chi connectivity index (χ3n) is 5.80. The highest BCUT2D eigenvalue weighted by molar-refractivity contribution is 5.61. The number of hydrogen-bond acceptors (Lipinski definition) is 3. The fourth-order valence-electron chi connectivity index (χ4n) is 3.98. The Morgan fingerprint density at radius 1 is 0.889 bits per heavy atom. The van der Waals surface area contributed by atoms with Crippen molar-refractivity contribution in [3.8, 4) is 17.2 Å². The summed E-state index contributed by atoms with van der Waals surface area (Å²) in [6, 6.07) is 11.3. The Balaban J connectivity index is 1.53. The molecule has 3 heteroatoms. The Hall–Kier alpha value is -2.21. The number of rotatable bonds is 8. The second-order valence-corrected chi connectivity index (χ2v) is 7.87. The first-order chi connectivity index (χ1) is 13.3. The molecule has 0 amide bonds. The van der Waals surface area contributed by atoms with Crippen LogP contribution in [0, 0.1) is 17.2 Å². The van der Waals surface area contributed by atoms with Gasteiger partial charge in [-0.2, -0.15) is 5.26 Å². The Kier molecular flexibility index (Phi) is 7.39. The van der Waals surface area contributed by atoms with Crippen LogP contribution in [0.3, 0.4) is 0 Å². The average Bonchev–Trinajstić information content (AvgIpc) is 2.74. The number of aryl methyl sites for hydroxylation is 1. The van der Waals surface area contributed by atoms with Gasteiger partial charge < -0.3 is 0 Å². The number of hydrogen-bond donors (Lipinski definition) is 0. The average molecular weight is 362 g/mol. The fraction of sp³-hybridized carbons (Fsp3) is 0.542. The number of aromatic nitrogens is 2. The zero-order valence-electron chi connectivity index (χ0n) is 16.5. The van der Waals surface area contributed by atoms with E-state index >= 15 is 0 Å². The van der Waals surface area contributed by atoms with Crippen molar-refractivity contribution >= 4 is 0 Å². The van der Waals surface area contributed by atoms with Gasteiger partial charge in [0.05, 0.1) is 6.07 Å². The molecule has 1 saturated carbocycles. The Bertz CT molecular complexity index is 720. The van der Waals surface area contributed by atoms with E-state index in [-0.39, 0.29) is 5.92 Å². The van der Waals surface area contributed by atoms with E-state index in [0.717, 1.165) is 37.1 Å². The minimum atomic E-state index is 0.227. The van der Waals surface area contributed by atoms with Gasteiger partial charge in [-0.05, 0) is 49.7 Å². The standard InChI is InChI=1S/C24H31N3/c1-2-3-4-5-6-7-19-8-12-21(13-9-19)23-17-26-24(27-18-23)22-14-10-20(16-25)11-15-22/h8-9,12-13,17-18,20,22H,2-7,10-11,14-15H2,1H3/t20-,22-. The van der Waals surface area contributed by atoms with Crippen LogP contribution in [0.15, 0.2) is 36.7 Å². The summed E-state index contributed by atoms with van der Waals surface area (Å²) in [4.78, 5) is 9.27. The summed E-state index contributed by atoms with van der Waals surface area (Å²) >= 11 is 0. The monoisotopic (exact) mass is 361 g/mol. The smallest absolute Gasteiger partial charge is 0.131 e. The van der Waals surface area contributed by atoms with Gasteiger partial charge >= 0.3 is 0 Å². The van der Waals surface area contributed by atoms with Crippen molar-refractivity contribution in [1.29, 1.82) is 5.26 Å². The molecular formula is C24H31N3. The quantitative estimate of drug-likeness (QED) is 0.507. The minimum absolute atomic E-state index is 0.227. The SMILES string of the molecule is CCCCCCCc1ccc(-c2cnc([C@H]3CC[C@H](C#N)CC3)nc2)cc1. The van der Waals surface area contributed by atoms with Crippen LogP contribution in [0.2, 0.25) is 0 Å². The minimum Gasteiger partial charge on any atom is -0.240 e. The van der Waals surface area contributed by atoms with Gasteiger partial charge in [0.25, 0.3) is 0 Å². The molecular weight excluding hydrogens is 330 g/mol. The van der Waals surface area contributed by atoms with E-state index in [1.54, 1.807) is 0 Å². The van der Waals surface area contributed by atoms with Crippen molar-refractivity contribution in [2.75, 3.05) is 0 Å². The van der Waals surface area contributed by atoms with Crippen molar-refractivity contribution in [1.82, 2.24) is 9.97 Å². The molecule has 1 aliphatic rings. The Morgan fingerprint density at radius 2 is 1.56 bits per heavy atom. The van der Waals surface area contributed by atoms with Gasteiger partial charge in [-0.25, -0.2) is 9.97 Å². The largest absolute Gasteiger partial charge is 0.240 e. The fourth-order valence-corrected chi connectivity index (χ4v) is 3.98. The third-order valence-corrected chi connectivity index (χ3v) is 5.80. The lowest BCUT2D eigenvalue weighted by molar-refractivity contribution is 0.372. The summed E-state index contributed by atoms with van der Waals surface area (Å²) in [6.07, 6.45) is 15.7. The van der Waals surface area contributed by atoms with E-state index in [4.69, 9.17) is 5.26 Å². The molecule has 27 heavy (non-hydrogen) atoms. The van der Waals surface area contributed by atoms with Crippen molar-refractivity contribution in [2.45, 2.75) is 77.0 Å². The molecule has 0 bridgehead atoms. The predicted octanol–water partition coefficient (Wildman–Crippen LogP) is 6.45. The van der Waals surface area contributed by atoms with Crippen molar-refractivity contribution in [3.63, 3.8) is 0 Å². The Labute approximate surface area is 163 Å². The second kappa shape index (κ2) is 10.2. The van der Waals surface area contributed by atoms with Gasteiger partial charge in [0.2, 0.25) is 0 Å². The molecule has 142 valence electrons. The van der Waals surface area contributed by atoms with Gasteiger partial charge in [-0.1, -0.05) is 56.9 Å². The zero-order valence-corrected chi connectivity index (χ0v) is 16.5. The van der Waals surface area contributed by atoms with Gasteiger partial charge in [-0.3, -0.25) is 0 Å². The van der Waals surface area contributed by atoms with Crippen molar-refractivity contribution in [3.05, 3.63) is 48.0 Å². The van der Waals surface area contributed by atoms with Crippen molar-refractivity contribution < 1.29 is 0 Å². The molecule has 0 N–H and O–H groups in total. The number of nitrogens with zero attached hydrogens (tertiary/aromatic N) is 3. The summed E-state index contributed by atoms with van der Waals surface area (Å²) in [5.41, 5.74) is 3.69. The van der Waals surface area contributed by atoms with Crippen LogP contribution in [-0.4, -0.2) is 9.97 Å². The van der Waals surface area contributed by atoms with Crippen LogP contribution in [0.1, 0.15) is 82.0 Å². The molecule has 0 spiro atoms. The third kappa shape index (κ3) is 5.63. The summed E-state index contributed by atoms with van der Waals surface area (Å²) in [6.45, 7) is 2.26. The van der Waals surface area contributed by atoms with Gasteiger partial charge in [0, 0.05) is 29.8 Å². The summed E-state index contributed by atoms with van der Waals surface area (Å²) in [7, 11) is 0. The van der Waals surface area contributed by atoms with Gasteiger partial charge in [0.1, 0.15) is 5.82 Å². The van der Waals surface area contributed by atoms with Crippen LogP contribution in [0.4, 0.5) is 0 Å². The van der Waals surface area contributed by atoms with E-state index in [2.05, 4.69) is 47.2 Å². The molecule has 0 radical (unpaired) electrons. The number of unbranched alkanes of at least 4 members (excludes halogenated alkanes) is 4. The number of benzene rings is 1. The highest BCUT2D eigenvalue weighted by atomic mass is 14.9. The van der Waals surface area contributed by atoms with Crippen molar-refractivity contribution in [2.24, 2.45) is 5.92 Å². The Morgan fingerprint density at radius 3 is 2.19 bits per heavy atom. The predicted molar refractivity (Wildman–Crippen MR) is 110 cm³/mol. The van der Waals surface area contributed by atoms with Crippen LogP contribution in [0.25, 0.3) is 11.1 Å². The van der Waals surface area contributed by atoms with E-state index in [9.17, 15) is 0 Å². The molecule has 1 aromatic carbocycles.